The van der Waals surface area contributed by atoms with Gasteiger partial charge in [-0.15, -0.1) is 0 Å². The van der Waals surface area contributed by atoms with Crippen LogP contribution in [0, 0.1) is 6.92 Å². The summed E-state index contributed by atoms with van der Waals surface area (Å²) in [6, 6.07) is 6.61. The zero-order chi connectivity index (χ0) is 12.3. The molecule has 0 unspecified atom stereocenters. The van der Waals surface area contributed by atoms with Crippen molar-refractivity contribution in [2.75, 3.05) is 19.0 Å². The van der Waals surface area contributed by atoms with Crippen LogP contribution in [-0.4, -0.2) is 19.6 Å². The topological polar surface area (TPSA) is 15.3 Å². The molecule has 0 fully saturated rings. The van der Waals surface area contributed by atoms with Gasteiger partial charge in [-0.2, -0.15) is 0 Å². The fourth-order valence-corrected chi connectivity index (χ4v) is 1.65. The smallest absolute Gasteiger partial charge is 0.0406 e. The molecule has 1 aromatic rings. The molecule has 1 N–H and O–H groups in total. The van der Waals surface area contributed by atoms with Gasteiger partial charge in [-0.3, -0.25) is 0 Å². The highest BCUT2D eigenvalue weighted by atomic mass is 15.1. The summed E-state index contributed by atoms with van der Waals surface area (Å²) in [5, 5.41) is 3.53. The molecule has 0 aliphatic carbocycles. The SMILES string of the molecule is Cc1ccc(N(C)C)c(CNC(C)(C)C)c1. The van der Waals surface area contributed by atoms with Crippen LogP contribution in [0.4, 0.5) is 5.69 Å². The molecule has 0 saturated heterocycles. The maximum Gasteiger partial charge on any atom is 0.0406 e. The van der Waals surface area contributed by atoms with E-state index in [1.54, 1.807) is 0 Å². The molecule has 0 aliphatic heterocycles. The van der Waals surface area contributed by atoms with E-state index in [9.17, 15) is 0 Å². The summed E-state index contributed by atoms with van der Waals surface area (Å²) in [6.45, 7) is 9.63. The second kappa shape index (κ2) is 4.88. The predicted molar refractivity (Wildman–Crippen MR) is 72.1 cm³/mol. The van der Waals surface area contributed by atoms with E-state index in [-0.39, 0.29) is 5.54 Å². The number of aryl methyl sites for hydroxylation is 1. The van der Waals surface area contributed by atoms with E-state index in [1.165, 1.54) is 16.8 Å². The Balaban J connectivity index is 2.88. The maximum atomic E-state index is 3.53. The van der Waals surface area contributed by atoms with Crippen LogP contribution in [0.1, 0.15) is 31.9 Å². The standard InChI is InChI=1S/C14H24N2/c1-11-7-8-13(16(5)6)12(9-11)10-15-14(2,3)4/h7-9,15H,10H2,1-6H3. The zero-order valence-electron chi connectivity index (χ0n) is 11.4. The maximum absolute atomic E-state index is 3.53. The highest BCUT2D eigenvalue weighted by Crippen LogP contribution is 2.20. The second-order valence-corrected chi connectivity index (χ2v) is 5.63. The third kappa shape index (κ3) is 3.86. The molecule has 0 bridgehead atoms. The lowest BCUT2D eigenvalue weighted by Crippen LogP contribution is -2.35. The van der Waals surface area contributed by atoms with Crippen LogP contribution in [0.15, 0.2) is 18.2 Å². The number of nitrogens with one attached hydrogen (secondary N) is 1. The van der Waals surface area contributed by atoms with Gasteiger partial charge in [-0.1, -0.05) is 17.7 Å². The molecule has 0 aromatic heterocycles. The van der Waals surface area contributed by atoms with Crippen molar-refractivity contribution in [3.8, 4) is 0 Å². The number of nitrogens with zero attached hydrogens (tertiary/aromatic N) is 1. The van der Waals surface area contributed by atoms with Crippen molar-refractivity contribution in [1.82, 2.24) is 5.32 Å². The first-order chi connectivity index (χ1) is 7.29. The van der Waals surface area contributed by atoms with Crippen molar-refractivity contribution >= 4 is 5.69 Å². The Morgan fingerprint density at radius 3 is 2.31 bits per heavy atom. The third-order valence-electron chi connectivity index (χ3n) is 2.53. The largest absolute Gasteiger partial charge is 0.377 e. The first-order valence-electron chi connectivity index (χ1n) is 5.81. The molecule has 0 aliphatic rings. The summed E-state index contributed by atoms with van der Waals surface area (Å²) >= 11 is 0. The van der Waals surface area contributed by atoms with Crippen LogP contribution >= 0.6 is 0 Å². The summed E-state index contributed by atoms with van der Waals surface area (Å²) in [6.07, 6.45) is 0. The molecule has 1 rings (SSSR count). The van der Waals surface area contributed by atoms with Crippen LogP contribution in [0.2, 0.25) is 0 Å². The number of rotatable bonds is 3. The fraction of sp³-hybridized carbons (Fsp3) is 0.571. The minimum atomic E-state index is 0.160. The minimum absolute atomic E-state index is 0.160. The van der Waals surface area contributed by atoms with Gasteiger partial charge in [0, 0.05) is 31.9 Å². The van der Waals surface area contributed by atoms with Crippen molar-refractivity contribution in [2.24, 2.45) is 0 Å². The summed E-state index contributed by atoms with van der Waals surface area (Å²) in [7, 11) is 4.18. The predicted octanol–water partition coefficient (Wildman–Crippen LogP) is 2.95. The molecule has 0 amide bonds. The summed E-state index contributed by atoms with van der Waals surface area (Å²) < 4.78 is 0. The monoisotopic (exact) mass is 220 g/mol. The summed E-state index contributed by atoms with van der Waals surface area (Å²) in [5.74, 6) is 0. The van der Waals surface area contributed by atoms with Gasteiger partial charge in [0.2, 0.25) is 0 Å². The van der Waals surface area contributed by atoms with E-state index in [0.717, 1.165) is 6.54 Å². The summed E-state index contributed by atoms with van der Waals surface area (Å²) in [4.78, 5) is 2.17. The van der Waals surface area contributed by atoms with E-state index in [2.05, 4.69) is 70.2 Å². The van der Waals surface area contributed by atoms with Crippen LogP contribution in [-0.2, 0) is 6.54 Å². The molecule has 0 radical (unpaired) electrons. The average molecular weight is 220 g/mol. The van der Waals surface area contributed by atoms with Gasteiger partial charge in [-0.25, -0.2) is 0 Å². The fourth-order valence-electron chi connectivity index (χ4n) is 1.65. The second-order valence-electron chi connectivity index (χ2n) is 5.63. The third-order valence-corrected chi connectivity index (χ3v) is 2.53. The lowest BCUT2D eigenvalue weighted by atomic mass is 10.1. The molecular weight excluding hydrogens is 196 g/mol. The number of benzene rings is 1. The lowest BCUT2D eigenvalue weighted by molar-refractivity contribution is 0.424. The Kier molecular flexibility index (Phi) is 3.98. The Hall–Kier alpha value is -1.02. The van der Waals surface area contributed by atoms with E-state index >= 15 is 0 Å². The average Bonchev–Trinajstić information content (AvgIpc) is 2.13. The molecule has 0 atom stereocenters. The molecule has 2 nitrogen and oxygen atoms in total. The number of hydrogen-bond donors (Lipinski definition) is 1. The Labute approximate surface area is 99.7 Å². The van der Waals surface area contributed by atoms with Crippen LogP contribution < -0.4 is 10.2 Å². The zero-order valence-corrected chi connectivity index (χ0v) is 11.4. The van der Waals surface area contributed by atoms with E-state index in [0.29, 0.717) is 0 Å². The molecule has 16 heavy (non-hydrogen) atoms. The van der Waals surface area contributed by atoms with E-state index < -0.39 is 0 Å². The van der Waals surface area contributed by atoms with Gasteiger partial charge in [0.25, 0.3) is 0 Å². The molecule has 0 saturated carbocycles. The van der Waals surface area contributed by atoms with E-state index in [4.69, 9.17) is 0 Å². The van der Waals surface area contributed by atoms with Gasteiger partial charge in [0.05, 0.1) is 0 Å². The lowest BCUT2D eigenvalue weighted by Gasteiger charge is -2.24. The molecule has 2 heteroatoms. The van der Waals surface area contributed by atoms with Crippen molar-refractivity contribution in [3.63, 3.8) is 0 Å². The first-order valence-corrected chi connectivity index (χ1v) is 5.81. The van der Waals surface area contributed by atoms with E-state index in [1.807, 2.05) is 0 Å². The molecule has 1 aromatic carbocycles. The molecular formula is C14H24N2. The normalized spacial score (nSPS) is 11.6. The number of anilines is 1. The van der Waals surface area contributed by atoms with Gasteiger partial charge < -0.3 is 10.2 Å². The first kappa shape index (κ1) is 13.0. The quantitative estimate of drug-likeness (QED) is 0.842. The highest BCUT2D eigenvalue weighted by Gasteiger charge is 2.11. The molecule has 0 heterocycles. The summed E-state index contributed by atoms with van der Waals surface area (Å²) in [5.41, 5.74) is 4.13. The Morgan fingerprint density at radius 2 is 1.81 bits per heavy atom. The van der Waals surface area contributed by atoms with Gasteiger partial charge in [0.15, 0.2) is 0 Å². The molecule has 0 spiro atoms. The van der Waals surface area contributed by atoms with Gasteiger partial charge in [-0.05, 0) is 39.3 Å². The van der Waals surface area contributed by atoms with Crippen LogP contribution in [0.25, 0.3) is 0 Å². The number of hydrogen-bond acceptors (Lipinski definition) is 2. The van der Waals surface area contributed by atoms with Crippen molar-refractivity contribution < 1.29 is 0 Å². The molecule has 90 valence electrons. The van der Waals surface area contributed by atoms with Crippen LogP contribution in [0.5, 0.6) is 0 Å². The Morgan fingerprint density at radius 1 is 1.19 bits per heavy atom. The Bertz CT molecular complexity index is 348. The highest BCUT2D eigenvalue weighted by molar-refractivity contribution is 5.53. The minimum Gasteiger partial charge on any atom is -0.377 e. The van der Waals surface area contributed by atoms with Crippen molar-refractivity contribution in [2.45, 2.75) is 39.8 Å². The van der Waals surface area contributed by atoms with Crippen molar-refractivity contribution in [3.05, 3.63) is 29.3 Å². The van der Waals surface area contributed by atoms with Gasteiger partial charge in [0.1, 0.15) is 0 Å². The van der Waals surface area contributed by atoms with Crippen molar-refractivity contribution in [1.29, 1.82) is 0 Å². The van der Waals surface area contributed by atoms with Crippen LogP contribution in [0.3, 0.4) is 0 Å². The van der Waals surface area contributed by atoms with Gasteiger partial charge >= 0.3 is 0 Å².